The number of benzene rings is 1. The SMILES string of the molecule is C=C(C)C[C@H](CC1OCCO1)C(=O)N(C)[C@H](P)[C@H](O)c1ccccc1. The Morgan fingerprint density at radius 3 is 2.52 bits per heavy atom. The first kappa shape index (κ1) is 20.1. The molecule has 5 nitrogen and oxygen atoms in total. The predicted molar refractivity (Wildman–Crippen MR) is 101 cm³/mol. The van der Waals surface area contributed by atoms with E-state index in [-0.39, 0.29) is 18.1 Å². The molecule has 0 aromatic heterocycles. The van der Waals surface area contributed by atoms with Gasteiger partial charge >= 0.3 is 0 Å². The summed E-state index contributed by atoms with van der Waals surface area (Å²) in [5.74, 6) is -0.748. The van der Waals surface area contributed by atoms with Gasteiger partial charge in [0.1, 0.15) is 6.10 Å². The number of rotatable bonds is 8. The number of amides is 1. The highest BCUT2D eigenvalue weighted by Crippen LogP contribution is 2.29. The molecule has 1 aliphatic rings. The van der Waals surface area contributed by atoms with Gasteiger partial charge < -0.3 is 19.5 Å². The highest BCUT2D eigenvalue weighted by atomic mass is 31.0. The number of nitrogens with zero attached hydrogens (tertiary/aromatic N) is 1. The van der Waals surface area contributed by atoms with E-state index in [2.05, 4.69) is 15.8 Å². The van der Waals surface area contributed by atoms with Crippen LogP contribution in [0.25, 0.3) is 0 Å². The lowest BCUT2D eigenvalue weighted by Crippen LogP contribution is -2.41. The molecule has 0 aliphatic carbocycles. The third kappa shape index (κ3) is 5.61. The van der Waals surface area contributed by atoms with Gasteiger partial charge in [-0.25, -0.2) is 0 Å². The van der Waals surface area contributed by atoms with E-state index in [0.29, 0.717) is 26.1 Å². The number of aliphatic hydroxyl groups excluding tert-OH is 1. The van der Waals surface area contributed by atoms with Gasteiger partial charge in [0.2, 0.25) is 5.91 Å². The number of allylic oxidation sites excluding steroid dienone is 1. The Kier molecular flexibility index (Phi) is 7.57. The van der Waals surface area contributed by atoms with Crippen molar-refractivity contribution in [3.63, 3.8) is 0 Å². The molecule has 4 atom stereocenters. The second kappa shape index (κ2) is 9.44. The summed E-state index contributed by atoms with van der Waals surface area (Å²) in [5, 5.41) is 10.6. The first-order valence-electron chi connectivity index (χ1n) is 8.53. The fourth-order valence-corrected chi connectivity index (χ4v) is 3.33. The zero-order chi connectivity index (χ0) is 18.4. The Bertz CT molecular complexity index is 574. The van der Waals surface area contributed by atoms with Gasteiger partial charge in [-0.1, -0.05) is 35.9 Å². The van der Waals surface area contributed by atoms with Crippen LogP contribution >= 0.6 is 9.24 Å². The number of ether oxygens (including phenoxy) is 2. The number of hydrogen-bond donors (Lipinski definition) is 1. The Morgan fingerprint density at radius 2 is 1.96 bits per heavy atom. The summed E-state index contributed by atoms with van der Waals surface area (Å²) >= 11 is 0. The second-order valence-electron chi connectivity index (χ2n) is 6.56. The quantitative estimate of drug-likeness (QED) is 0.568. The Hall–Kier alpha value is -1.26. The van der Waals surface area contributed by atoms with Gasteiger partial charge in [-0.2, -0.15) is 0 Å². The van der Waals surface area contributed by atoms with Crippen molar-refractivity contribution < 1.29 is 19.4 Å². The van der Waals surface area contributed by atoms with Gasteiger partial charge in [0.05, 0.1) is 19.0 Å². The maximum atomic E-state index is 13.0. The molecule has 1 unspecified atom stereocenters. The molecule has 1 amide bonds. The van der Waals surface area contributed by atoms with E-state index >= 15 is 0 Å². The Balaban J connectivity index is 2.06. The average Bonchev–Trinajstić information content (AvgIpc) is 3.12. The van der Waals surface area contributed by atoms with E-state index in [1.54, 1.807) is 11.9 Å². The molecule has 0 saturated carbocycles. The largest absolute Gasteiger partial charge is 0.386 e. The van der Waals surface area contributed by atoms with Crippen LogP contribution in [0, 0.1) is 5.92 Å². The van der Waals surface area contributed by atoms with Crippen molar-refractivity contribution in [2.75, 3.05) is 20.3 Å². The number of aliphatic hydroxyl groups is 1. The molecule has 1 N–H and O–H groups in total. The van der Waals surface area contributed by atoms with Crippen LogP contribution in [0.15, 0.2) is 42.5 Å². The second-order valence-corrected chi connectivity index (χ2v) is 7.24. The van der Waals surface area contributed by atoms with E-state index < -0.39 is 11.9 Å². The number of carbonyl (C=O) groups excluding carboxylic acids is 1. The molecule has 2 rings (SSSR count). The molecule has 0 radical (unpaired) electrons. The maximum Gasteiger partial charge on any atom is 0.226 e. The summed E-state index contributed by atoms with van der Waals surface area (Å²) in [5.41, 5.74) is 1.72. The van der Waals surface area contributed by atoms with E-state index in [9.17, 15) is 9.90 Å². The summed E-state index contributed by atoms with van der Waals surface area (Å²) in [4.78, 5) is 14.6. The van der Waals surface area contributed by atoms with Crippen LogP contribution in [0.1, 0.15) is 31.4 Å². The van der Waals surface area contributed by atoms with Gasteiger partial charge in [0.25, 0.3) is 0 Å². The van der Waals surface area contributed by atoms with E-state index in [0.717, 1.165) is 11.1 Å². The average molecular weight is 365 g/mol. The smallest absolute Gasteiger partial charge is 0.226 e. The van der Waals surface area contributed by atoms with Crippen molar-refractivity contribution >= 4 is 15.1 Å². The monoisotopic (exact) mass is 365 g/mol. The molecule has 138 valence electrons. The number of carbonyl (C=O) groups is 1. The van der Waals surface area contributed by atoms with Gasteiger partial charge in [-0.3, -0.25) is 4.79 Å². The molecule has 1 fully saturated rings. The molecule has 1 aromatic carbocycles. The van der Waals surface area contributed by atoms with Crippen molar-refractivity contribution in [3.05, 3.63) is 48.0 Å². The lowest BCUT2D eigenvalue weighted by molar-refractivity contribution is -0.140. The molecule has 1 aliphatic heterocycles. The number of likely N-dealkylation sites (N-methyl/N-ethyl adjacent to an activating group) is 1. The Labute approximate surface area is 152 Å². The standard InChI is InChI=1S/C19H28NO4P/c1-13(2)11-15(12-16-23-9-10-24-16)18(22)20(3)19(25)17(21)14-7-5-4-6-8-14/h4-8,15-17,19,21H,1,9-12,25H2,2-3H3/t15-,17-,19-/m1/s1. The van der Waals surface area contributed by atoms with Gasteiger partial charge in [0, 0.05) is 19.4 Å². The molecule has 0 spiro atoms. The third-order valence-electron chi connectivity index (χ3n) is 4.37. The van der Waals surface area contributed by atoms with Crippen LogP contribution in [-0.4, -0.2) is 48.2 Å². The van der Waals surface area contributed by atoms with E-state index in [4.69, 9.17) is 9.47 Å². The lowest BCUT2D eigenvalue weighted by Gasteiger charge is -2.32. The first-order valence-corrected chi connectivity index (χ1v) is 9.19. The fourth-order valence-electron chi connectivity index (χ4n) is 2.96. The van der Waals surface area contributed by atoms with Crippen LogP contribution in [0.2, 0.25) is 0 Å². The van der Waals surface area contributed by atoms with Crippen LogP contribution < -0.4 is 0 Å². The van der Waals surface area contributed by atoms with Gasteiger partial charge in [-0.15, -0.1) is 15.8 Å². The molecular formula is C19H28NO4P. The molecule has 25 heavy (non-hydrogen) atoms. The lowest BCUT2D eigenvalue weighted by atomic mass is 9.95. The highest BCUT2D eigenvalue weighted by Gasteiger charge is 2.32. The molecule has 1 saturated heterocycles. The minimum absolute atomic E-state index is 0.0444. The van der Waals surface area contributed by atoms with Gasteiger partial charge in [0.15, 0.2) is 6.29 Å². The number of hydrogen-bond acceptors (Lipinski definition) is 4. The van der Waals surface area contributed by atoms with Gasteiger partial charge in [-0.05, 0) is 18.9 Å². The summed E-state index contributed by atoms with van der Waals surface area (Å²) in [6, 6.07) is 9.34. The zero-order valence-corrected chi connectivity index (χ0v) is 16.1. The van der Waals surface area contributed by atoms with Crippen LogP contribution in [0.3, 0.4) is 0 Å². The van der Waals surface area contributed by atoms with Crippen molar-refractivity contribution in [2.24, 2.45) is 5.92 Å². The minimum Gasteiger partial charge on any atom is -0.386 e. The molecular weight excluding hydrogens is 337 g/mol. The zero-order valence-electron chi connectivity index (χ0n) is 14.9. The first-order chi connectivity index (χ1) is 11.9. The summed E-state index contributed by atoms with van der Waals surface area (Å²) in [6.07, 6.45) is -0.0478. The van der Waals surface area contributed by atoms with Crippen molar-refractivity contribution in [2.45, 2.75) is 37.9 Å². The van der Waals surface area contributed by atoms with Crippen molar-refractivity contribution in [1.82, 2.24) is 4.90 Å². The predicted octanol–water partition coefficient (Wildman–Crippen LogP) is 2.73. The summed E-state index contributed by atoms with van der Waals surface area (Å²) < 4.78 is 11.0. The van der Waals surface area contributed by atoms with E-state index in [1.165, 1.54) is 0 Å². The van der Waals surface area contributed by atoms with Crippen LogP contribution in [-0.2, 0) is 14.3 Å². The van der Waals surface area contributed by atoms with Crippen molar-refractivity contribution in [3.8, 4) is 0 Å². The molecule has 6 heteroatoms. The molecule has 0 bridgehead atoms. The normalized spacial score (nSPS) is 18.6. The van der Waals surface area contributed by atoms with E-state index in [1.807, 2.05) is 37.3 Å². The maximum absolute atomic E-state index is 13.0. The minimum atomic E-state index is -0.774. The summed E-state index contributed by atoms with van der Waals surface area (Å²) in [7, 11) is 4.29. The van der Waals surface area contributed by atoms with Crippen LogP contribution in [0.5, 0.6) is 0 Å². The summed E-state index contributed by atoms with van der Waals surface area (Å²) in [6.45, 7) is 6.97. The Morgan fingerprint density at radius 1 is 1.36 bits per heavy atom. The third-order valence-corrected chi connectivity index (χ3v) is 5.18. The van der Waals surface area contributed by atoms with Crippen molar-refractivity contribution in [1.29, 1.82) is 0 Å². The highest BCUT2D eigenvalue weighted by molar-refractivity contribution is 7.17. The topological polar surface area (TPSA) is 59.0 Å². The van der Waals surface area contributed by atoms with Crippen LogP contribution in [0.4, 0.5) is 0 Å². The fraction of sp³-hybridized carbons (Fsp3) is 0.526. The molecule has 1 heterocycles. The molecule has 1 aromatic rings.